The van der Waals surface area contributed by atoms with Gasteiger partial charge in [-0.25, -0.2) is 0 Å². The topological polar surface area (TPSA) is 61.8 Å². The molecule has 29 heavy (non-hydrogen) atoms. The van der Waals surface area contributed by atoms with Crippen LogP contribution in [0.25, 0.3) is 0 Å². The minimum atomic E-state index is -4.33. The number of nitrogens with zero attached hydrogens (tertiary/aromatic N) is 1. The number of hydrogen-bond donors (Lipinski definition) is 2. The van der Waals surface area contributed by atoms with Crippen LogP contribution in [0.3, 0.4) is 0 Å². The first-order valence-corrected chi connectivity index (χ1v) is 9.22. The number of ether oxygens (including phenoxy) is 1. The van der Waals surface area contributed by atoms with Crippen LogP contribution in [-0.2, 0) is 11.4 Å². The Hall–Kier alpha value is -2.74. The van der Waals surface area contributed by atoms with Gasteiger partial charge in [-0.1, -0.05) is 36.9 Å². The van der Waals surface area contributed by atoms with Crippen molar-refractivity contribution in [3.05, 3.63) is 66.4 Å². The fourth-order valence-corrected chi connectivity index (χ4v) is 2.92. The molecule has 8 heteroatoms. The molecule has 2 N–H and O–H groups in total. The third-order valence-corrected chi connectivity index (χ3v) is 4.33. The fraction of sp³-hybridized carbons (Fsp3) is 0.381. The maximum atomic E-state index is 12.8. The number of nitrogens with one attached hydrogen (secondary N) is 1. The Morgan fingerprint density at radius 3 is 2.66 bits per heavy atom. The van der Waals surface area contributed by atoms with Gasteiger partial charge < -0.3 is 20.1 Å². The lowest BCUT2D eigenvalue weighted by Crippen LogP contribution is -2.37. The van der Waals surface area contributed by atoms with Crippen LogP contribution >= 0.6 is 0 Å². The van der Waals surface area contributed by atoms with Crippen LogP contribution in [0, 0.1) is 0 Å². The van der Waals surface area contributed by atoms with Gasteiger partial charge in [0, 0.05) is 24.8 Å². The van der Waals surface area contributed by atoms with Crippen molar-refractivity contribution in [1.82, 2.24) is 10.2 Å². The van der Waals surface area contributed by atoms with Gasteiger partial charge in [0.15, 0.2) is 6.61 Å². The first-order valence-electron chi connectivity index (χ1n) is 9.22. The summed E-state index contributed by atoms with van der Waals surface area (Å²) in [6.07, 6.45) is 1.06. The van der Waals surface area contributed by atoms with E-state index in [2.05, 4.69) is 11.9 Å². The maximum absolute atomic E-state index is 12.8. The predicted molar refractivity (Wildman–Crippen MR) is 104 cm³/mol. The minimum Gasteiger partial charge on any atom is -0.484 e. The summed E-state index contributed by atoms with van der Waals surface area (Å²) in [5.74, 6) is 0.280. The van der Waals surface area contributed by atoms with Crippen molar-refractivity contribution in [1.29, 1.82) is 0 Å². The van der Waals surface area contributed by atoms with Crippen LogP contribution < -0.4 is 10.1 Å². The Bertz CT molecular complexity index is 743. The number of aliphatic hydroxyl groups excluding tert-OH is 1. The lowest BCUT2D eigenvalue weighted by atomic mass is 10.2. The third kappa shape index (κ3) is 8.03. The second-order valence-corrected chi connectivity index (χ2v) is 6.66. The van der Waals surface area contributed by atoms with Gasteiger partial charge >= 0.3 is 6.18 Å². The number of aliphatic hydroxyl groups is 1. The highest BCUT2D eigenvalue weighted by molar-refractivity contribution is 5.78. The first-order chi connectivity index (χ1) is 13.8. The number of carbonyl (C=O) groups excluding carboxylic acids is 1. The summed E-state index contributed by atoms with van der Waals surface area (Å²) >= 11 is 0. The quantitative estimate of drug-likeness (QED) is 0.613. The molecule has 1 saturated heterocycles. The first kappa shape index (κ1) is 22.5. The van der Waals surface area contributed by atoms with E-state index in [1.54, 1.807) is 35.2 Å². The van der Waals surface area contributed by atoms with E-state index in [1.807, 2.05) is 0 Å². The summed E-state index contributed by atoms with van der Waals surface area (Å²) in [4.78, 5) is 13.9. The van der Waals surface area contributed by atoms with E-state index in [0.29, 0.717) is 25.3 Å². The Balaban J connectivity index is 1.86. The molecule has 0 aromatic heterocycles. The number of alkyl halides is 3. The van der Waals surface area contributed by atoms with Crippen LogP contribution in [0.2, 0.25) is 0 Å². The molecule has 1 aliphatic heterocycles. The average molecular weight is 410 g/mol. The highest BCUT2D eigenvalue weighted by Crippen LogP contribution is 2.24. The SMILES string of the molecule is C=C/C=C\C=C(/CC(F)(F)F)NC1CCN(C(=O)COc2ccc(CO)cc2)C1. The van der Waals surface area contributed by atoms with Crippen molar-refractivity contribution in [2.45, 2.75) is 31.7 Å². The number of allylic oxidation sites excluding steroid dienone is 5. The Morgan fingerprint density at radius 1 is 1.31 bits per heavy atom. The molecular formula is C21H25F3N2O3. The third-order valence-electron chi connectivity index (χ3n) is 4.33. The summed E-state index contributed by atoms with van der Waals surface area (Å²) < 4.78 is 43.8. The Morgan fingerprint density at radius 2 is 2.03 bits per heavy atom. The molecule has 1 unspecified atom stereocenters. The van der Waals surface area contributed by atoms with Crippen LogP contribution in [0.4, 0.5) is 13.2 Å². The largest absolute Gasteiger partial charge is 0.484 e. The fourth-order valence-electron chi connectivity index (χ4n) is 2.92. The predicted octanol–water partition coefficient (Wildman–Crippen LogP) is 3.33. The summed E-state index contributed by atoms with van der Waals surface area (Å²) in [5, 5.41) is 11.9. The van der Waals surface area contributed by atoms with Crippen LogP contribution in [0.5, 0.6) is 5.75 Å². The van der Waals surface area contributed by atoms with Gasteiger partial charge in [0.2, 0.25) is 0 Å². The Labute approximate surface area is 168 Å². The van der Waals surface area contributed by atoms with E-state index >= 15 is 0 Å². The molecule has 1 aromatic carbocycles. The lowest BCUT2D eigenvalue weighted by molar-refractivity contribution is -0.132. The van der Waals surface area contributed by atoms with Crippen molar-refractivity contribution < 1.29 is 27.8 Å². The van der Waals surface area contributed by atoms with Crippen molar-refractivity contribution in [3.8, 4) is 5.75 Å². The number of likely N-dealkylation sites (tertiary alicyclic amines) is 1. The normalized spacial score (nSPS) is 17.6. The van der Waals surface area contributed by atoms with Crippen LogP contribution in [0.1, 0.15) is 18.4 Å². The summed E-state index contributed by atoms with van der Waals surface area (Å²) in [7, 11) is 0. The van der Waals surface area contributed by atoms with E-state index in [1.165, 1.54) is 18.2 Å². The molecule has 1 atom stereocenters. The van der Waals surface area contributed by atoms with Crippen molar-refractivity contribution in [3.63, 3.8) is 0 Å². The van der Waals surface area contributed by atoms with Crippen LogP contribution in [-0.4, -0.2) is 47.8 Å². The number of rotatable bonds is 9. The molecule has 1 aliphatic rings. The standard InChI is InChI=1S/C21H25F3N2O3/c1-2-3-4-5-17(12-21(22,23)24)25-18-10-11-26(13-18)20(28)15-29-19-8-6-16(14-27)7-9-19/h2-9,18,25,27H,1,10-15H2/b4-3-,17-5+. The highest BCUT2D eigenvalue weighted by atomic mass is 19.4. The number of carbonyl (C=O) groups is 1. The molecule has 2 rings (SSSR count). The second-order valence-electron chi connectivity index (χ2n) is 6.66. The number of halogens is 3. The summed E-state index contributed by atoms with van der Waals surface area (Å²) in [6, 6.07) is 6.47. The minimum absolute atomic E-state index is 0.0510. The number of benzene rings is 1. The summed E-state index contributed by atoms with van der Waals surface area (Å²) in [6.45, 7) is 4.02. The van der Waals surface area contributed by atoms with Gasteiger partial charge in [-0.2, -0.15) is 13.2 Å². The zero-order chi connectivity index (χ0) is 21.3. The number of hydrogen-bond acceptors (Lipinski definition) is 4. The van der Waals surface area contributed by atoms with Gasteiger partial charge in [-0.15, -0.1) is 0 Å². The average Bonchev–Trinajstić information content (AvgIpc) is 3.14. The zero-order valence-corrected chi connectivity index (χ0v) is 16.0. The molecule has 0 saturated carbocycles. The van der Waals surface area contributed by atoms with Gasteiger partial charge in [0.1, 0.15) is 5.75 Å². The van der Waals surface area contributed by atoms with Crippen molar-refractivity contribution in [2.24, 2.45) is 0 Å². The molecule has 158 valence electrons. The van der Waals surface area contributed by atoms with E-state index in [9.17, 15) is 18.0 Å². The molecular weight excluding hydrogens is 385 g/mol. The van der Waals surface area contributed by atoms with Crippen molar-refractivity contribution >= 4 is 5.91 Å². The smallest absolute Gasteiger partial charge is 0.394 e. The zero-order valence-electron chi connectivity index (χ0n) is 16.0. The van der Waals surface area contributed by atoms with Gasteiger partial charge in [-0.3, -0.25) is 4.79 Å². The molecule has 1 fully saturated rings. The summed E-state index contributed by atoms with van der Waals surface area (Å²) in [5.41, 5.74) is 0.790. The van der Waals surface area contributed by atoms with Gasteiger partial charge in [0.25, 0.3) is 5.91 Å². The molecule has 1 aromatic rings. The molecule has 0 aliphatic carbocycles. The molecule has 1 heterocycles. The number of amides is 1. The highest BCUT2D eigenvalue weighted by Gasteiger charge is 2.31. The molecule has 0 bridgehead atoms. The van der Waals surface area contributed by atoms with E-state index in [-0.39, 0.29) is 30.9 Å². The van der Waals surface area contributed by atoms with E-state index < -0.39 is 12.6 Å². The van der Waals surface area contributed by atoms with Gasteiger partial charge in [-0.05, 0) is 30.2 Å². The molecule has 0 spiro atoms. The Kier molecular flexibility index (Phi) is 8.33. The molecule has 1 amide bonds. The molecule has 0 radical (unpaired) electrons. The van der Waals surface area contributed by atoms with E-state index in [4.69, 9.17) is 9.84 Å². The van der Waals surface area contributed by atoms with Crippen LogP contribution in [0.15, 0.2) is 60.8 Å². The lowest BCUT2D eigenvalue weighted by Gasteiger charge is -2.20. The van der Waals surface area contributed by atoms with Gasteiger partial charge in [0.05, 0.1) is 13.0 Å². The van der Waals surface area contributed by atoms with Crippen molar-refractivity contribution in [2.75, 3.05) is 19.7 Å². The second kappa shape index (κ2) is 10.7. The van der Waals surface area contributed by atoms with E-state index in [0.717, 1.165) is 5.56 Å². The monoisotopic (exact) mass is 410 g/mol. The molecule has 5 nitrogen and oxygen atoms in total. The maximum Gasteiger partial charge on any atom is 0.394 e.